The minimum atomic E-state index is 0.949. The van der Waals surface area contributed by atoms with Crippen molar-refractivity contribution < 1.29 is 0 Å². The van der Waals surface area contributed by atoms with Gasteiger partial charge in [-0.25, -0.2) is 0 Å². The number of hydrogen-bond donors (Lipinski definition) is 0. The van der Waals surface area contributed by atoms with Crippen molar-refractivity contribution in [1.29, 1.82) is 0 Å². The molecule has 2 heteroatoms. The standard InChI is InChI=1S/C21H14BrN/c22-17-9-11-18(12-10-17)23-14-21-19-7-3-1-5-15(19)13-16-6-2-4-8-20(16)21/h1-14H. The van der Waals surface area contributed by atoms with Crippen LogP contribution < -0.4 is 0 Å². The first-order chi connectivity index (χ1) is 11.3. The molecule has 0 bridgehead atoms. The van der Waals surface area contributed by atoms with Crippen molar-refractivity contribution in [2.45, 2.75) is 0 Å². The average molecular weight is 360 g/mol. The van der Waals surface area contributed by atoms with E-state index < -0.39 is 0 Å². The van der Waals surface area contributed by atoms with Crippen molar-refractivity contribution in [3.05, 3.63) is 88.9 Å². The number of halogens is 1. The summed E-state index contributed by atoms with van der Waals surface area (Å²) in [6.07, 6.45) is 1.98. The zero-order valence-electron chi connectivity index (χ0n) is 12.4. The van der Waals surface area contributed by atoms with Crippen molar-refractivity contribution >= 4 is 49.4 Å². The molecular formula is C21H14BrN. The lowest BCUT2D eigenvalue weighted by molar-refractivity contribution is 1.52. The van der Waals surface area contributed by atoms with Gasteiger partial charge in [0.25, 0.3) is 0 Å². The van der Waals surface area contributed by atoms with Crippen LogP contribution in [0.2, 0.25) is 0 Å². The smallest absolute Gasteiger partial charge is 0.0630 e. The van der Waals surface area contributed by atoms with Gasteiger partial charge in [0.05, 0.1) is 5.69 Å². The van der Waals surface area contributed by atoms with Gasteiger partial charge >= 0.3 is 0 Å². The molecule has 4 aromatic rings. The van der Waals surface area contributed by atoms with E-state index in [1.807, 2.05) is 30.5 Å². The number of benzene rings is 4. The fourth-order valence-electron chi connectivity index (χ4n) is 2.85. The Balaban J connectivity index is 1.93. The molecule has 0 aliphatic carbocycles. The molecule has 23 heavy (non-hydrogen) atoms. The van der Waals surface area contributed by atoms with E-state index in [4.69, 9.17) is 0 Å². The van der Waals surface area contributed by atoms with E-state index in [0.29, 0.717) is 0 Å². The Hall–Kier alpha value is -2.45. The lowest BCUT2D eigenvalue weighted by atomic mass is 9.97. The third-order valence-electron chi connectivity index (χ3n) is 3.98. The predicted octanol–water partition coefficient (Wildman–Crippen LogP) is 6.51. The van der Waals surface area contributed by atoms with Gasteiger partial charge in [0.15, 0.2) is 0 Å². The highest BCUT2D eigenvalue weighted by Gasteiger charge is 2.05. The van der Waals surface area contributed by atoms with Crippen LogP contribution in [0, 0.1) is 0 Å². The summed E-state index contributed by atoms with van der Waals surface area (Å²) in [4.78, 5) is 4.67. The summed E-state index contributed by atoms with van der Waals surface area (Å²) in [6.45, 7) is 0. The molecule has 0 spiro atoms. The second-order valence-corrected chi connectivity index (χ2v) is 6.38. The van der Waals surface area contributed by atoms with E-state index in [9.17, 15) is 0 Å². The number of nitrogens with zero attached hydrogens (tertiary/aromatic N) is 1. The van der Waals surface area contributed by atoms with Crippen LogP contribution >= 0.6 is 15.9 Å². The molecular weight excluding hydrogens is 346 g/mol. The van der Waals surface area contributed by atoms with E-state index in [2.05, 4.69) is 75.5 Å². The zero-order chi connectivity index (χ0) is 15.6. The zero-order valence-corrected chi connectivity index (χ0v) is 14.0. The molecule has 0 saturated heterocycles. The van der Waals surface area contributed by atoms with Gasteiger partial charge < -0.3 is 0 Å². The number of rotatable bonds is 2. The van der Waals surface area contributed by atoms with E-state index in [-0.39, 0.29) is 0 Å². The summed E-state index contributed by atoms with van der Waals surface area (Å²) >= 11 is 3.45. The Morgan fingerprint density at radius 1 is 0.696 bits per heavy atom. The Morgan fingerprint density at radius 3 is 1.87 bits per heavy atom. The molecule has 0 unspecified atom stereocenters. The topological polar surface area (TPSA) is 12.4 Å². The largest absolute Gasteiger partial charge is 0.256 e. The molecule has 0 atom stereocenters. The van der Waals surface area contributed by atoms with E-state index in [0.717, 1.165) is 10.2 Å². The van der Waals surface area contributed by atoms with Gasteiger partial charge in [-0.1, -0.05) is 64.5 Å². The fourth-order valence-corrected chi connectivity index (χ4v) is 3.12. The molecule has 1 nitrogen and oxygen atoms in total. The van der Waals surface area contributed by atoms with Crippen LogP contribution in [-0.4, -0.2) is 6.21 Å². The lowest BCUT2D eigenvalue weighted by Crippen LogP contribution is -1.88. The SMILES string of the molecule is Brc1ccc(N=Cc2c3ccccc3cc3ccccc23)cc1. The lowest BCUT2D eigenvalue weighted by Gasteiger charge is -2.07. The van der Waals surface area contributed by atoms with Crippen molar-refractivity contribution in [3.8, 4) is 0 Å². The van der Waals surface area contributed by atoms with Crippen LogP contribution in [0.4, 0.5) is 5.69 Å². The van der Waals surface area contributed by atoms with Crippen LogP contribution in [0.3, 0.4) is 0 Å². The second-order valence-electron chi connectivity index (χ2n) is 5.47. The molecule has 0 N–H and O–H groups in total. The molecule has 0 aliphatic heterocycles. The van der Waals surface area contributed by atoms with Gasteiger partial charge in [-0.15, -0.1) is 0 Å². The van der Waals surface area contributed by atoms with E-state index in [1.54, 1.807) is 0 Å². The molecule has 0 saturated carbocycles. The first-order valence-electron chi connectivity index (χ1n) is 7.51. The minimum absolute atomic E-state index is 0.949. The first-order valence-corrected chi connectivity index (χ1v) is 8.31. The van der Waals surface area contributed by atoms with Crippen molar-refractivity contribution in [3.63, 3.8) is 0 Å². The molecule has 4 aromatic carbocycles. The third kappa shape index (κ3) is 2.78. The van der Waals surface area contributed by atoms with Gasteiger partial charge in [-0.2, -0.15) is 0 Å². The minimum Gasteiger partial charge on any atom is -0.256 e. The second kappa shape index (κ2) is 5.98. The molecule has 0 amide bonds. The molecule has 110 valence electrons. The van der Waals surface area contributed by atoms with Crippen molar-refractivity contribution in [2.75, 3.05) is 0 Å². The first kappa shape index (κ1) is 14.2. The Kier molecular flexibility index (Phi) is 3.68. The summed E-state index contributed by atoms with van der Waals surface area (Å²) in [5.74, 6) is 0. The quantitative estimate of drug-likeness (QED) is 0.286. The fraction of sp³-hybridized carbons (Fsp3) is 0. The van der Waals surface area contributed by atoms with Crippen LogP contribution in [-0.2, 0) is 0 Å². The highest BCUT2D eigenvalue weighted by molar-refractivity contribution is 9.10. The average Bonchev–Trinajstić information content (AvgIpc) is 2.60. The number of fused-ring (bicyclic) bond motifs is 2. The van der Waals surface area contributed by atoms with Crippen LogP contribution in [0.25, 0.3) is 21.5 Å². The van der Waals surface area contributed by atoms with Crippen LogP contribution in [0.15, 0.2) is 88.3 Å². The van der Waals surface area contributed by atoms with Gasteiger partial charge in [0.1, 0.15) is 0 Å². The Labute approximate surface area is 143 Å². The maximum atomic E-state index is 4.67. The Morgan fingerprint density at radius 2 is 1.26 bits per heavy atom. The highest BCUT2D eigenvalue weighted by atomic mass is 79.9. The van der Waals surface area contributed by atoms with Gasteiger partial charge in [0, 0.05) is 16.3 Å². The summed E-state index contributed by atoms with van der Waals surface area (Å²) < 4.78 is 1.06. The van der Waals surface area contributed by atoms with Crippen LogP contribution in [0.5, 0.6) is 0 Å². The highest BCUT2D eigenvalue weighted by Crippen LogP contribution is 2.28. The molecule has 0 aromatic heterocycles. The summed E-state index contributed by atoms with van der Waals surface area (Å²) in [6, 6.07) is 27.2. The van der Waals surface area contributed by atoms with Crippen LogP contribution in [0.1, 0.15) is 5.56 Å². The van der Waals surface area contributed by atoms with Crippen molar-refractivity contribution in [2.24, 2.45) is 4.99 Å². The van der Waals surface area contributed by atoms with E-state index in [1.165, 1.54) is 27.1 Å². The molecule has 0 aliphatic rings. The summed E-state index contributed by atoms with van der Waals surface area (Å²) in [7, 11) is 0. The summed E-state index contributed by atoms with van der Waals surface area (Å²) in [5, 5.41) is 4.94. The third-order valence-corrected chi connectivity index (χ3v) is 4.51. The van der Waals surface area contributed by atoms with Gasteiger partial charge in [0.2, 0.25) is 0 Å². The van der Waals surface area contributed by atoms with Crippen molar-refractivity contribution in [1.82, 2.24) is 0 Å². The maximum absolute atomic E-state index is 4.67. The van der Waals surface area contributed by atoms with Gasteiger partial charge in [-0.3, -0.25) is 4.99 Å². The molecule has 0 heterocycles. The Bertz CT molecular complexity index is 963. The molecule has 0 fully saturated rings. The maximum Gasteiger partial charge on any atom is 0.0630 e. The predicted molar refractivity (Wildman–Crippen MR) is 103 cm³/mol. The summed E-state index contributed by atoms with van der Waals surface area (Å²) in [5.41, 5.74) is 2.12. The molecule has 0 radical (unpaired) electrons. The normalized spacial score (nSPS) is 11.5. The molecule has 4 rings (SSSR count). The monoisotopic (exact) mass is 359 g/mol. The van der Waals surface area contributed by atoms with E-state index >= 15 is 0 Å². The number of hydrogen-bond acceptors (Lipinski definition) is 1. The number of aliphatic imine (C=N–C) groups is 1. The van der Waals surface area contributed by atoms with Gasteiger partial charge in [-0.05, 0) is 51.9 Å².